The molecule has 0 aliphatic heterocycles. The van der Waals surface area contributed by atoms with Crippen LogP contribution in [0.5, 0.6) is 17.2 Å². The number of amides is 1. The molecule has 0 bridgehead atoms. The van der Waals surface area contributed by atoms with Crippen molar-refractivity contribution >= 4 is 17.8 Å². The molecule has 1 N–H and O–H groups in total. The van der Waals surface area contributed by atoms with Crippen molar-refractivity contribution in [1.29, 1.82) is 0 Å². The molecule has 1 amide bonds. The van der Waals surface area contributed by atoms with Gasteiger partial charge in [0, 0.05) is 25.3 Å². The van der Waals surface area contributed by atoms with Gasteiger partial charge in [-0.05, 0) is 44.7 Å². The van der Waals surface area contributed by atoms with Gasteiger partial charge in [0.05, 0.1) is 7.11 Å². The molecule has 1 aromatic heterocycles. The number of hydrogen-bond donors (Lipinski definition) is 1. The summed E-state index contributed by atoms with van der Waals surface area (Å²) in [6.07, 6.45) is 1.60. The summed E-state index contributed by atoms with van der Waals surface area (Å²) in [4.78, 5) is 40.9. The number of rotatable bonds is 14. The van der Waals surface area contributed by atoms with Crippen LogP contribution in [0.1, 0.15) is 57.9 Å². The maximum atomic E-state index is 13.7. The first-order chi connectivity index (χ1) is 18.1. The van der Waals surface area contributed by atoms with Crippen LogP contribution < -0.4 is 19.5 Å². The number of carbonyl (C=O) groups is 3. The highest BCUT2D eigenvalue weighted by Gasteiger charge is 2.32. The molecule has 2 rings (SSSR count). The molecule has 0 spiro atoms. The van der Waals surface area contributed by atoms with Gasteiger partial charge in [-0.15, -0.1) is 0 Å². The summed E-state index contributed by atoms with van der Waals surface area (Å²) >= 11 is 0. The Morgan fingerprint density at radius 2 is 1.82 bits per heavy atom. The van der Waals surface area contributed by atoms with Crippen molar-refractivity contribution in [1.82, 2.24) is 10.3 Å². The third-order valence-corrected chi connectivity index (χ3v) is 5.82. The first-order valence-electron chi connectivity index (χ1n) is 12.3. The van der Waals surface area contributed by atoms with Gasteiger partial charge >= 0.3 is 11.9 Å². The molecule has 1 aromatic carbocycles. The normalized spacial score (nSPS) is 13.2. The van der Waals surface area contributed by atoms with E-state index >= 15 is 0 Å². The van der Waals surface area contributed by atoms with E-state index in [1.54, 1.807) is 19.1 Å². The molecule has 0 saturated heterocycles. The number of ether oxygens (including phenoxy) is 5. The van der Waals surface area contributed by atoms with E-state index in [-0.39, 0.29) is 23.1 Å². The predicted molar refractivity (Wildman–Crippen MR) is 135 cm³/mol. The predicted octanol–water partition coefficient (Wildman–Crippen LogP) is 4.06. The number of hydrogen-bond acceptors (Lipinski definition) is 9. The van der Waals surface area contributed by atoms with Crippen molar-refractivity contribution in [3.8, 4) is 17.2 Å². The van der Waals surface area contributed by atoms with E-state index < -0.39 is 48.7 Å². The van der Waals surface area contributed by atoms with Crippen molar-refractivity contribution < 1.29 is 42.5 Å². The van der Waals surface area contributed by atoms with Crippen LogP contribution in [0.3, 0.4) is 0 Å². The molecule has 1 heterocycles. The smallest absolute Gasteiger partial charge is 0.328 e. The topological polar surface area (TPSA) is 122 Å². The molecule has 0 aliphatic carbocycles. The number of methoxy groups -OCH3 is 1. The molecule has 0 fully saturated rings. The number of benzene rings is 1. The molecule has 3 atom stereocenters. The quantitative estimate of drug-likeness (QED) is 0.282. The van der Waals surface area contributed by atoms with Crippen LogP contribution in [0.4, 0.5) is 4.39 Å². The molecule has 0 unspecified atom stereocenters. The van der Waals surface area contributed by atoms with E-state index in [0.717, 1.165) is 12.8 Å². The van der Waals surface area contributed by atoms with Crippen LogP contribution in [0.25, 0.3) is 0 Å². The molecule has 0 aliphatic rings. The van der Waals surface area contributed by atoms with Crippen LogP contribution in [0, 0.1) is 11.7 Å². The zero-order valence-electron chi connectivity index (χ0n) is 22.5. The average Bonchev–Trinajstić information content (AvgIpc) is 2.88. The SMILES string of the molecule is CCC(CC)[C@H](Oc1cccc(F)c1)[C@H](C)OC(=O)[C@H](C)NC(=O)c1nccc(OC)c1OCOC(C)=O. The Morgan fingerprint density at radius 3 is 2.42 bits per heavy atom. The highest BCUT2D eigenvalue weighted by atomic mass is 19.1. The lowest BCUT2D eigenvalue weighted by Gasteiger charge is -2.31. The van der Waals surface area contributed by atoms with E-state index in [2.05, 4.69) is 10.3 Å². The second-order valence-corrected chi connectivity index (χ2v) is 8.54. The molecule has 0 saturated carbocycles. The Labute approximate surface area is 221 Å². The van der Waals surface area contributed by atoms with Gasteiger partial charge in [0.25, 0.3) is 5.91 Å². The minimum absolute atomic E-state index is 0.0314. The molecule has 2 aromatic rings. The minimum atomic E-state index is -1.06. The highest BCUT2D eigenvalue weighted by molar-refractivity contribution is 5.98. The second kappa shape index (κ2) is 14.7. The van der Waals surface area contributed by atoms with Crippen molar-refractivity contribution in [2.24, 2.45) is 5.92 Å². The maximum Gasteiger partial charge on any atom is 0.328 e. The highest BCUT2D eigenvalue weighted by Crippen LogP contribution is 2.30. The number of halogens is 1. The van der Waals surface area contributed by atoms with Gasteiger partial charge < -0.3 is 29.0 Å². The largest absolute Gasteiger partial charge is 0.493 e. The third-order valence-electron chi connectivity index (χ3n) is 5.82. The molecule has 208 valence electrons. The van der Waals surface area contributed by atoms with Gasteiger partial charge in [-0.3, -0.25) is 9.59 Å². The molecule has 10 nitrogen and oxygen atoms in total. The summed E-state index contributed by atoms with van der Waals surface area (Å²) in [5.74, 6) is -1.95. The van der Waals surface area contributed by atoms with E-state index in [9.17, 15) is 18.8 Å². The monoisotopic (exact) mass is 534 g/mol. The fourth-order valence-electron chi connectivity index (χ4n) is 3.77. The van der Waals surface area contributed by atoms with Crippen molar-refractivity contribution in [3.05, 3.63) is 48.0 Å². The lowest BCUT2D eigenvalue weighted by Crippen LogP contribution is -2.45. The fourth-order valence-corrected chi connectivity index (χ4v) is 3.77. The van der Waals surface area contributed by atoms with Gasteiger partial charge in [0.2, 0.25) is 6.79 Å². The zero-order chi connectivity index (χ0) is 28.2. The summed E-state index contributed by atoms with van der Waals surface area (Å²) in [6.45, 7) is 7.90. The number of pyridine rings is 1. The van der Waals surface area contributed by atoms with E-state index in [1.807, 2.05) is 13.8 Å². The lowest BCUT2D eigenvalue weighted by molar-refractivity contribution is -0.156. The summed E-state index contributed by atoms with van der Waals surface area (Å²) in [7, 11) is 1.37. The number of carbonyl (C=O) groups excluding carboxylic acids is 3. The van der Waals surface area contributed by atoms with Crippen molar-refractivity contribution in [2.75, 3.05) is 13.9 Å². The Bertz CT molecular complexity index is 1090. The van der Waals surface area contributed by atoms with Gasteiger partial charge in [-0.25, -0.2) is 14.2 Å². The Morgan fingerprint density at radius 1 is 1.11 bits per heavy atom. The summed E-state index contributed by atoms with van der Waals surface area (Å²) < 4.78 is 40.8. The van der Waals surface area contributed by atoms with Gasteiger partial charge in [0.1, 0.15) is 29.8 Å². The number of aromatic nitrogens is 1. The first kappa shape index (κ1) is 30.3. The summed E-state index contributed by atoms with van der Waals surface area (Å²) in [5, 5.41) is 2.54. The Kier molecular flexibility index (Phi) is 11.8. The molecule has 0 radical (unpaired) electrons. The number of nitrogens with one attached hydrogen (secondary N) is 1. The first-order valence-corrected chi connectivity index (χ1v) is 12.3. The maximum absolute atomic E-state index is 13.7. The fraction of sp³-hybridized carbons (Fsp3) is 0.481. The van der Waals surface area contributed by atoms with Gasteiger partial charge in [-0.1, -0.05) is 19.9 Å². The van der Waals surface area contributed by atoms with Crippen molar-refractivity contribution in [3.63, 3.8) is 0 Å². The molecule has 11 heteroatoms. The van der Waals surface area contributed by atoms with Crippen LogP contribution in [-0.4, -0.2) is 55.0 Å². The molecular formula is C27H35FN2O8. The number of esters is 2. The standard InChI is InChI=1S/C27H35FN2O8/c1-7-19(8-2)24(38-21-11-9-10-20(28)14-21)17(4)37-27(33)16(3)30-26(32)23-25(36-15-35-18(5)31)22(34-6)12-13-29-23/h9-14,16-17,19,24H,7-8,15H2,1-6H3,(H,30,32)/t16-,17-,24+/m0/s1. The molecule has 38 heavy (non-hydrogen) atoms. The summed E-state index contributed by atoms with van der Waals surface area (Å²) in [5.41, 5.74) is -0.173. The Balaban J connectivity index is 2.12. The minimum Gasteiger partial charge on any atom is -0.493 e. The van der Waals surface area contributed by atoms with Crippen LogP contribution in [0.15, 0.2) is 36.5 Å². The summed E-state index contributed by atoms with van der Waals surface area (Å²) in [6, 6.07) is 6.18. The van der Waals surface area contributed by atoms with E-state index in [1.165, 1.54) is 45.4 Å². The van der Waals surface area contributed by atoms with Gasteiger partial charge in [-0.2, -0.15) is 0 Å². The zero-order valence-corrected chi connectivity index (χ0v) is 22.5. The van der Waals surface area contributed by atoms with Gasteiger partial charge in [0.15, 0.2) is 17.2 Å². The van der Waals surface area contributed by atoms with E-state index in [4.69, 9.17) is 23.7 Å². The van der Waals surface area contributed by atoms with Crippen LogP contribution in [0.2, 0.25) is 0 Å². The molecular weight excluding hydrogens is 499 g/mol. The third kappa shape index (κ3) is 8.60. The average molecular weight is 535 g/mol. The van der Waals surface area contributed by atoms with Crippen LogP contribution in [-0.2, 0) is 19.1 Å². The van der Waals surface area contributed by atoms with E-state index in [0.29, 0.717) is 5.75 Å². The number of nitrogens with zero attached hydrogens (tertiary/aromatic N) is 1. The van der Waals surface area contributed by atoms with Crippen molar-refractivity contribution in [2.45, 2.75) is 65.7 Å². The Hall–Kier alpha value is -3.89. The van der Waals surface area contributed by atoms with Crippen LogP contribution >= 0.6 is 0 Å². The lowest BCUT2D eigenvalue weighted by atomic mass is 9.93. The second-order valence-electron chi connectivity index (χ2n) is 8.54.